The molecule has 3 aromatic rings. The third kappa shape index (κ3) is 3.66. The van der Waals surface area contributed by atoms with Crippen molar-refractivity contribution in [3.05, 3.63) is 92.4 Å². The number of fused-ring (bicyclic) bond motifs is 1. The second-order valence-corrected chi connectivity index (χ2v) is 8.17. The van der Waals surface area contributed by atoms with Gasteiger partial charge in [-0.2, -0.15) is 11.3 Å². The van der Waals surface area contributed by atoms with E-state index in [9.17, 15) is 14.0 Å². The van der Waals surface area contributed by atoms with Gasteiger partial charge in [-0.15, -0.1) is 0 Å². The monoisotopic (exact) mass is 428 g/mol. The van der Waals surface area contributed by atoms with Crippen LogP contribution in [0.5, 0.6) is 0 Å². The van der Waals surface area contributed by atoms with Crippen molar-refractivity contribution < 1.29 is 14.0 Å². The number of nitrogens with two attached hydrogens (primary N) is 1. The molecule has 1 aliphatic carbocycles. The minimum absolute atomic E-state index is 0.256. The molecule has 0 spiro atoms. The van der Waals surface area contributed by atoms with E-state index in [1.54, 1.807) is 47.2 Å². The summed E-state index contributed by atoms with van der Waals surface area (Å²) in [5.74, 6) is -1.36. The Hall–Kier alpha value is -2.70. The molecule has 2 amide bonds. The molecular formula is C22H18ClFN2O2S. The number of amides is 2. The van der Waals surface area contributed by atoms with Gasteiger partial charge >= 0.3 is 0 Å². The van der Waals surface area contributed by atoms with E-state index in [4.69, 9.17) is 17.3 Å². The van der Waals surface area contributed by atoms with Gasteiger partial charge in [0.15, 0.2) is 0 Å². The molecule has 0 fully saturated rings. The minimum atomic E-state index is -0.985. The molecule has 4 rings (SSSR count). The van der Waals surface area contributed by atoms with E-state index in [1.807, 2.05) is 6.07 Å². The molecule has 1 aromatic heterocycles. The molecule has 0 radical (unpaired) electrons. The maximum Gasteiger partial charge on any atom is 0.256 e. The lowest BCUT2D eigenvalue weighted by atomic mass is 9.98. The maximum absolute atomic E-state index is 14.5. The van der Waals surface area contributed by atoms with Crippen LogP contribution < -0.4 is 5.73 Å². The summed E-state index contributed by atoms with van der Waals surface area (Å²) in [6, 6.07) is 12.1. The number of rotatable bonds is 5. The largest absolute Gasteiger partial charge is 0.368 e. The molecule has 2 atom stereocenters. The zero-order valence-corrected chi connectivity index (χ0v) is 16.9. The van der Waals surface area contributed by atoms with Crippen molar-refractivity contribution in [2.24, 2.45) is 5.73 Å². The molecule has 0 bridgehead atoms. The third-order valence-electron chi connectivity index (χ3n) is 5.22. The first kappa shape index (κ1) is 19.6. The SMILES string of the molecule is NC(=O)[C@@H](c1ccccc1)N(C(=O)c1ccsc1)[C@@H]1CCc2c(F)cc(Cl)cc21. The number of hydrogen-bond acceptors (Lipinski definition) is 3. The molecule has 0 aliphatic heterocycles. The molecule has 4 nitrogen and oxygen atoms in total. The van der Waals surface area contributed by atoms with E-state index in [0.29, 0.717) is 35.1 Å². The summed E-state index contributed by atoms with van der Waals surface area (Å²) in [4.78, 5) is 27.5. The van der Waals surface area contributed by atoms with Gasteiger partial charge in [0.05, 0.1) is 11.6 Å². The molecule has 7 heteroatoms. The Balaban J connectivity index is 1.87. The fourth-order valence-electron chi connectivity index (χ4n) is 3.98. The van der Waals surface area contributed by atoms with Crippen LogP contribution in [0.2, 0.25) is 5.02 Å². The van der Waals surface area contributed by atoms with Gasteiger partial charge in [0.2, 0.25) is 5.91 Å². The highest BCUT2D eigenvalue weighted by Crippen LogP contribution is 2.43. The Bertz CT molecular complexity index is 1060. The standard InChI is InChI=1S/C22H18ClFN2O2S/c23-15-10-17-16(18(24)11-15)6-7-19(17)26(22(28)14-8-9-29-12-14)20(21(25)27)13-4-2-1-3-5-13/h1-5,8-12,19-20H,6-7H2,(H2,25,27)/t19-,20-/m1/s1. The number of hydrogen-bond donors (Lipinski definition) is 1. The maximum atomic E-state index is 14.5. The zero-order chi connectivity index (χ0) is 20.5. The molecule has 0 unspecified atom stereocenters. The molecule has 2 N–H and O–H groups in total. The molecule has 148 valence electrons. The van der Waals surface area contributed by atoms with Crippen molar-refractivity contribution >= 4 is 34.8 Å². The summed E-state index contributed by atoms with van der Waals surface area (Å²) in [7, 11) is 0. The normalized spacial score (nSPS) is 16.3. The number of benzene rings is 2. The van der Waals surface area contributed by atoms with Crippen LogP contribution in [0.1, 0.15) is 45.6 Å². The average Bonchev–Trinajstić information content (AvgIpc) is 3.36. The second kappa shape index (κ2) is 7.97. The van der Waals surface area contributed by atoms with Crippen LogP contribution in [0.4, 0.5) is 4.39 Å². The molecule has 2 aromatic carbocycles. The summed E-state index contributed by atoms with van der Waals surface area (Å²) >= 11 is 7.49. The van der Waals surface area contributed by atoms with Gasteiger partial charge in [-0.25, -0.2) is 4.39 Å². The van der Waals surface area contributed by atoms with Crippen molar-refractivity contribution in [3.63, 3.8) is 0 Å². The number of halogens is 2. The van der Waals surface area contributed by atoms with Crippen LogP contribution in [-0.2, 0) is 11.2 Å². The number of carbonyl (C=O) groups is 2. The summed E-state index contributed by atoms with van der Waals surface area (Å²) in [5, 5.41) is 3.78. The summed E-state index contributed by atoms with van der Waals surface area (Å²) in [6.45, 7) is 0. The second-order valence-electron chi connectivity index (χ2n) is 6.95. The smallest absolute Gasteiger partial charge is 0.256 e. The van der Waals surface area contributed by atoms with Gasteiger partial charge in [-0.05, 0) is 53.1 Å². The van der Waals surface area contributed by atoms with Gasteiger partial charge in [0, 0.05) is 10.4 Å². The van der Waals surface area contributed by atoms with Crippen LogP contribution in [0.3, 0.4) is 0 Å². The van der Waals surface area contributed by atoms with Crippen molar-refractivity contribution in [2.75, 3.05) is 0 Å². The molecule has 1 aliphatic rings. The van der Waals surface area contributed by atoms with Crippen molar-refractivity contribution in [1.29, 1.82) is 0 Å². The zero-order valence-electron chi connectivity index (χ0n) is 15.3. The Morgan fingerprint density at radius 1 is 1.21 bits per heavy atom. The number of nitrogens with zero attached hydrogens (tertiary/aromatic N) is 1. The Morgan fingerprint density at radius 2 is 1.97 bits per heavy atom. The first-order valence-electron chi connectivity index (χ1n) is 9.14. The van der Waals surface area contributed by atoms with Gasteiger partial charge in [0.25, 0.3) is 5.91 Å². The van der Waals surface area contributed by atoms with E-state index in [2.05, 4.69) is 0 Å². The predicted octanol–water partition coefficient (Wildman–Crippen LogP) is 4.90. The van der Waals surface area contributed by atoms with Gasteiger partial charge in [-0.1, -0.05) is 41.9 Å². The van der Waals surface area contributed by atoms with E-state index < -0.39 is 23.8 Å². The highest BCUT2D eigenvalue weighted by molar-refractivity contribution is 7.08. The molecule has 0 saturated heterocycles. The van der Waals surface area contributed by atoms with E-state index in [0.717, 1.165) is 0 Å². The lowest BCUT2D eigenvalue weighted by molar-refractivity contribution is -0.123. The average molecular weight is 429 g/mol. The fraction of sp³-hybridized carbons (Fsp3) is 0.182. The van der Waals surface area contributed by atoms with Gasteiger partial charge in [-0.3, -0.25) is 9.59 Å². The van der Waals surface area contributed by atoms with Crippen LogP contribution >= 0.6 is 22.9 Å². The van der Waals surface area contributed by atoms with Crippen LogP contribution in [-0.4, -0.2) is 16.7 Å². The topological polar surface area (TPSA) is 63.4 Å². The van der Waals surface area contributed by atoms with Crippen LogP contribution in [0.25, 0.3) is 0 Å². The highest BCUT2D eigenvalue weighted by atomic mass is 35.5. The summed E-state index contributed by atoms with van der Waals surface area (Å²) in [6.07, 6.45) is 0.940. The Labute approximate surface area is 176 Å². The number of primary amides is 1. The molecule has 1 heterocycles. The highest BCUT2D eigenvalue weighted by Gasteiger charge is 2.40. The lowest BCUT2D eigenvalue weighted by Crippen LogP contribution is -2.43. The minimum Gasteiger partial charge on any atom is -0.368 e. The summed E-state index contributed by atoms with van der Waals surface area (Å²) in [5.41, 5.74) is 8.01. The van der Waals surface area contributed by atoms with Gasteiger partial charge < -0.3 is 10.6 Å². The third-order valence-corrected chi connectivity index (χ3v) is 6.12. The summed E-state index contributed by atoms with van der Waals surface area (Å²) < 4.78 is 14.5. The van der Waals surface area contributed by atoms with E-state index in [-0.39, 0.29) is 10.9 Å². The molecular weight excluding hydrogens is 411 g/mol. The van der Waals surface area contributed by atoms with Crippen molar-refractivity contribution in [3.8, 4) is 0 Å². The Kier molecular flexibility index (Phi) is 5.39. The van der Waals surface area contributed by atoms with Crippen LogP contribution in [0, 0.1) is 5.82 Å². The van der Waals surface area contributed by atoms with E-state index >= 15 is 0 Å². The van der Waals surface area contributed by atoms with Crippen molar-refractivity contribution in [1.82, 2.24) is 4.90 Å². The fourth-order valence-corrected chi connectivity index (χ4v) is 4.82. The number of carbonyl (C=O) groups excluding carboxylic acids is 2. The van der Waals surface area contributed by atoms with Crippen LogP contribution in [0.15, 0.2) is 59.3 Å². The molecule has 29 heavy (non-hydrogen) atoms. The van der Waals surface area contributed by atoms with Gasteiger partial charge in [0.1, 0.15) is 11.9 Å². The number of thiophene rings is 1. The predicted molar refractivity (Wildman–Crippen MR) is 111 cm³/mol. The van der Waals surface area contributed by atoms with Crippen molar-refractivity contribution in [2.45, 2.75) is 24.9 Å². The quantitative estimate of drug-likeness (QED) is 0.628. The first-order chi connectivity index (χ1) is 14.0. The lowest BCUT2D eigenvalue weighted by Gasteiger charge is -2.35. The first-order valence-corrected chi connectivity index (χ1v) is 10.5. The Morgan fingerprint density at radius 3 is 2.62 bits per heavy atom. The van der Waals surface area contributed by atoms with E-state index in [1.165, 1.54) is 22.3 Å². The molecule has 0 saturated carbocycles.